The van der Waals surface area contributed by atoms with Crippen LogP contribution in [0.15, 0.2) is 4.52 Å². The van der Waals surface area contributed by atoms with Gasteiger partial charge in [-0.05, 0) is 18.6 Å². The molecule has 1 heterocycles. The summed E-state index contributed by atoms with van der Waals surface area (Å²) in [7, 11) is 1.65. The van der Waals surface area contributed by atoms with Gasteiger partial charge in [0.2, 0.25) is 5.89 Å². The fourth-order valence-corrected chi connectivity index (χ4v) is 1.89. The third-order valence-corrected chi connectivity index (χ3v) is 3.17. The number of nitrogens with two attached hydrogens (primary N) is 1. The van der Waals surface area contributed by atoms with Crippen LogP contribution in [-0.4, -0.2) is 29.6 Å². The van der Waals surface area contributed by atoms with Crippen LogP contribution in [0.5, 0.6) is 0 Å². The van der Waals surface area contributed by atoms with Gasteiger partial charge in [0.1, 0.15) is 0 Å². The number of hydrogen-bond acceptors (Lipinski definition) is 6. The molecule has 0 fully saturated rings. The lowest BCUT2D eigenvalue weighted by molar-refractivity contribution is 0.182. The minimum absolute atomic E-state index is 0.225. The van der Waals surface area contributed by atoms with Crippen LogP contribution in [0.25, 0.3) is 0 Å². The van der Waals surface area contributed by atoms with E-state index < -0.39 is 0 Å². The van der Waals surface area contributed by atoms with E-state index >= 15 is 0 Å². The maximum Gasteiger partial charge on any atom is 0.243 e. The summed E-state index contributed by atoms with van der Waals surface area (Å²) in [5.41, 5.74) is 5.87. The van der Waals surface area contributed by atoms with Crippen LogP contribution in [0.3, 0.4) is 0 Å². The summed E-state index contributed by atoms with van der Waals surface area (Å²) in [5, 5.41) is 3.89. The Labute approximate surface area is 100 Å². The minimum atomic E-state index is -0.225. The molecule has 2 N–H and O–H groups in total. The van der Waals surface area contributed by atoms with E-state index in [1.54, 1.807) is 18.9 Å². The topological polar surface area (TPSA) is 74.2 Å². The highest BCUT2D eigenvalue weighted by Crippen LogP contribution is 2.15. The Morgan fingerprint density at radius 2 is 2.38 bits per heavy atom. The molecule has 16 heavy (non-hydrogen) atoms. The van der Waals surface area contributed by atoms with E-state index in [0.717, 1.165) is 23.8 Å². The summed E-state index contributed by atoms with van der Waals surface area (Å²) in [6, 6.07) is -0.225. The summed E-state index contributed by atoms with van der Waals surface area (Å²) < 4.78 is 10.0. The fraction of sp³-hybridized carbons (Fsp3) is 0.800. The zero-order valence-electron chi connectivity index (χ0n) is 9.81. The number of nitrogens with zero attached hydrogens (tertiary/aromatic N) is 2. The molecule has 0 bridgehead atoms. The number of rotatable bonds is 8. The second-order valence-electron chi connectivity index (χ2n) is 3.49. The number of hydrogen-bond donors (Lipinski definition) is 1. The Hall–Kier alpha value is -0.590. The lowest BCUT2D eigenvalue weighted by atomic mass is 10.2. The summed E-state index contributed by atoms with van der Waals surface area (Å²) >= 11 is 1.80. The van der Waals surface area contributed by atoms with Gasteiger partial charge in [-0.1, -0.05) is 12.1 Å². The fourth-order valence-electron chi connectivity index (χ4n) is 1.15. The lowest BCUT2D eigenvalue weighted by Gasteiger charge is -2.04. The molecule has 1 rings (SSSR count). The first kappa shape index (κ1) is 13.5. The molecule has 6 heteroatoms. The number of methoxy groups -OCH3 is 1. The van der Waals surface area contributed by atoms with Crippen LogP contribution in [0.4, 0.5) is 0 Å². The second kappa shape index (κ2) is 7.65. The van der Waals surface area contributed by atoms with E-state index in [9.17, 15) is 0 Å². The molecule has 1 atom stereocenters. The van der Waals surface area contributed by atoms with Gasteiger partial charge < -0.3 is 15.0 Å². The van der Waals surface area contributed by atoms with Crippen LogP contribution in [0, 0.1) is 0 Å². The Morgan fingerprint density at radius 1 is 1.56 bits per heavy atom. The Morgan fingerprint density at radius 3 is 3.06 bits per heavy atom. The number of thioether (sulfide) groups is 1. The van der Waals surface area contributed by atoms with Crippen LogP contribution in [-0.2, 0) is 10.5 Å². The number of ether oxygens (including phenoxy) is 1. The summed E-state index contributed by atoms with van der Waals surface area (Å²) in [6.07, 6.45) is 1.85. The predicted molar refractivity (Wildman–Crippen MR) is 64.2 cm³/mol. The lowest BCUT2D eigenvalue weighted by Crippen LogP contribution is -2.13. The third-order valence-electron chi connectivity index (χ3n) is 2.01. The van der Waals surface area contributed by atoms with Crippen molar-refractivity contribution < 1.29 is 9.26 Å². The largest absolute Gasteiger partial charge is 0.385 e. The van der Waals surface area contributed by atoms with E-state index in [2.05, 4.69) is 17.1 Å². The van der Waals surface area contributed by atoms with E-state index in [4.69, 9.17) is 15.0 Å². The first-order valence-electron chi connectivity index (χ1n) is 5.42. The molecular formula is C10H19N3O2S. The third kappa shape index (κ3) is 4.51. The number of aromatic nitrogens is 2. The van der Waals surface area contributed by atoms with Crippen LogP contribution >= 0.6 is 11.8 Å². The average Bonchev–Trinajstić information content (AvgIpc) is 2.75. The van der Waals surface area contributed by atoms with Gasteiger partial charge in [0.05, 0.1) is 11.8 Å². The summed E-state index contributed by atoms with van der Waals surface area (Å²) in [4.78, 5) is 4.26. The molecule has 1 aromatic heterocycles. The molecule has 1 aromatic rings. The molecule has 0 aliphatic carbocycles. The molecule has 0 saturated heterocycles. The van der Waals surface area contributed by atoms with Gasteiger partial charge in [-0.2, -0.15) is 16.7 Å². The van der Waals surface area contributed by atoms with Crippen LogP contribution in [0.2, 0.25) is 0 Å². The smallest absolute Gasteiger partial charge is 0.243 e. The molecule has 92 valence electrons. The molecule has 0 saturated carbocycles. The van der Waals surface area contributed by atoms with Crippen molar-refractivity contribution in [2.24, 2.45) is 5.73 Å². The Kier molecular flexibility index (Phi) is 6.44. The van der Waals surface area contributed by atoms with Crippen molar-refractivity contribution in [2.75, 3.05) is 19.5 Å². The van der Waals surface area contributed by atoms with E-state index in [1.165, 1.54) is 0 Å². The van der Waals surface area contributed by atoms with Crippen molar-refractivity contribution in [2.45, 2.75) is 31.6 Å². The van der Waals surface area contributed by atoms with Crippen molar-refractivity contribution in [3.63, 3.8) is 0 Å². The normalized spacial score (nSPS) is 12.9. The SMILES string of the molecule is CCCSCc1noc(C(N)CCOC)n1. The molecule has 0 radical (unpaired) electrons. The van der Waals surface area contributed by atoms with Gasteiger partial charge in [0.15, 0.2) is 5.82 Å². The standard InChI is InChI=1S/C10H19N3O2S/c1-3-6-16-7-9-12-10(15-13-9)8(11)4-5-14-2/h8H,3-7,11H2,1-2H3. The van der Waals surface area contributed by atoms with Gasteiger partial charge in [0.25, 0.3) is 0 Å². The highest BCUT2D eigenvalue weighted by Gasteiger charge is 2.14. The molecule has 0 amide bonds. The Bertz CT molecular complexity index is 293. The molecule has 0 aromatic carbocycles. The molecular weight excluding hydrogens is 226 g/mol. The van der Waals surface area contributed by atoms with Crippen LogP contribution in [0.1, 0.15) is 37.5 Å². The molecule has 0 spiro atoms. The van der Waals surface area contributed by atoms with Crippen molar-refractivity contribution in [3.8, 4) is 0 Å². The minimum Gasteiger partial charge on any atom is -0.385 e. The van der Waals surface area contributed by atoms with E-state index in [1.807, 2.05) is 0 Å². The van der Waals surface area contributed by atoms with E-state index in [-0.39, 0.29) is 6.04 Å². The van der Waals surface area contributed by atoms with E-state index in [0.29, 0.717) is 18.9 Å². The van der Waals surface area contributed by atoms with Crippen molar-refractivity contribution >= 4 is 11.8 Å². The second-order valence-corrected chi connectivity index (χ2v) is 4.59. The molecule has 1 unspecified atom stereocenters. The summed E-state index contributed by atoms with van der Waals surface area (Å²) in [6.45, 7) is 2.75. The molecule has 0 aliphatic heterocycles. The van der Waals surface area contributed by atoms with Crippen molar-refractivity contribution in [3.05, 3.63) is 11.7 Å². The van der Waals surface area contributed by atoms with Gasteiger partial charge in [0, 0.05) is 13.7 Å². The van der Waals surface area contributed by atoms with Gasteiger partial charge in [-0.3, -0.25) is 0 Å². The molecule has 5 nitrogen and oxygen atoms in total. The summed E-state index contributed by atoms with van der Waals surface area (Å²) in [5.74, 6) is 3.12. The molecule has 0 aliphatic rings. The van der Waals surface area contributed by atoms with Crippen molar-refractivity contribution in [1.29, 1.82) is 0 Å². The van der Waals surface area contributed by atoms with Gasteiger partial charge in [-0.25, -0.2) is 0 Å². The average molecular weight is 245 g/mol. The Balaban J connectivity index is 2.37. The zero-order valence-corrected chi connectivity index (χ0v) is 10.6. The maximum absolute atomic E-state index is 5.87. The maximum atomic E-state index is 5.87. The zero-order chi connectivity index (χ0) is 11.8. The highest BCUT2D eigenvalue weighted by atomic mass is 32.2. The van der Waals surface area contributed by atoms with Crippen LogP contribution < -0.4 is 5.73 Å². The monoisotopic (exact) mass is 245 g/mol. The van der Waals surface area contributed by atoms with Gasteiger partial charge >= 0.3 is 0 Å². The first-order valence-corrected chi connectivity index (χ1v) is 6.58. The first-order chi connectivity index (χ1) is 7.77. The predicted octanol–water partition coefficient (Wildman–Crippen LogP) is 1.75. The van der Waals surface area contributed by atoms with Gasteiger partial charge in [-0.15, -0.1) is 0 Å². The van der Waals surface area contributed by atoms with Crippen molar-refractivity contribution in [1.82, 2.24) is 10.1 Å². The highest BCUT2D eigenvalue weighted by molar-refractivity contribution is 7.98. The quantitative estimate of drug-likeness (QED) is 0.703.